The molecule has 1 aromatic rings. The Labute approximate surface area is 204 Å². The van der Waals surface area contributed by atoms with E-state index in [-0.39, 0.29) is 24.6 Å². The predicted molar refractivity (Wildman–Crippen MR) is 133 cm³/mol. The van der Waals surface area contributed by atoms with Gasteiger partial charge in [0.25, 0.3) is 0 Å². The zero-order chi connectivity index (χ0) is 23.4. The number of ether oxygens (including phenoxy) is 2. The molecule has 0 aromatic heterocycles. The molecule has 182 valence electrons. The van der Waals surface area contributed by atoms with E-state index in [9.17, 15) is 9.59 Å². The van der Waals surface area contributed by atoms with Crippen LogP contribution in [0.1, 0.15) is 110 Å². The zero-order valence-corrected chi connectivity index (χ0v) is 21.2. The lowest BCUT2D eigenvalue weighted by atomic mass is 10.0. The molecule has 0 aliphatic heterocycles. The summed E-state index contributed by atoms with van der Waals surface area (Å²) in [5.74, 6) is -0.624. The second-order valence-corrected chi connectivity index (χ2v) is 9.27. The van der Waals surface area contributed by atoms with Crippen molar-refractivity contribution in [3.05, 3.63) is 28.2 Å². The molecule has 1 rings (SSSR count). The van der Waals surface area contributed by atoms with Crippen LogP contribution < -0.4 is 4.74 Å². The molecule has 4 nitrogen and oxygen atoms in total. The maximum Gasteiger partial charge on any atom is 0.311 e. The van der Waals surface area contributed by atoms with E-state index in [1.807, 2.05) is 0 Å². The second-order valence-electron chi connectivity index (χ2n) is 8.40. The van der Waals surface area contributed by atoms with E-state index >= 15 is 0 Å². The first-order chi connectivity index (χ1) is 15.5. The van der Waals surface area contributed by atoms with Gasteiger partial charge in [-0.05, 0) is 24.6 Å². The molecule has 0 N–H and O–H groups in total. The summed E-state index contributed by atoms with van der Waals surface area (Å²) in [5.41, 5.74) is 0. The Balaban J connectivity index is 1.89. The second kappa shape index (κ2) is 19.2. The van der Waals surface area contributed by atoms with Gasteiger partial charge in [0.05, 0.1) is 19.4 Å². The molecule has 0 unspecified atom stereocenters. The molecule has 0 atom stereocenters. The lowest BCUT2D eigenvalue weighted by Gasteiger charge is -2.07. The van der Waals surface area contributed by atoms with Crippen molar-refractivity contribution >= 4 is 35.1 Å². The molecule has 0 amide bonds. The lowest BCUT2D eigenvalue weighted by molar-refractivity contribution is -0.147. The van der Waals surface area contributed by atoms with Crippen LogP contribution in [0.4, 0.5) is 0 Å². The molecular formula is C26H40Cl2O4. The third kappa shape index (κ3) is 16.4. The zero-order valence-electron chi connectivity index (χ0n) is 19.6. The maximum atomic E-state index is 11.8. The standard InChI is InChI=1S/C26H40Cl2O4/c1-2-3-4-5-6-7-8-9-10-11-12-13-14-15-18-31-25(29)16-17-26(30)32-24-20-22(27)19-23(28)21-24/h19-21H,2-18H2,1H3. The normalized spacial score (nSPS) is 10.8. The van der Waals surface area contributed by atoms with Crippen LogP contribution in [0, 0.1) is 0 Å². The number of rotatable bonds is 19. The van der Waals surface area contributed by atoms with Crippen LogP contribution in [0.5, 0.6) is 5.75 Å². The number of hydrogen-bond donors (Lipinski definition) is 0. The quantitative estimate of drug-likeness (QED) is 0.111. The first kappa shape index (κ1) is 28.8. The highest BCUT2D eigenvalue weighted by molar-refractivity contribution is 6.34. The van der Waals surface area contributed by atoms with Crippen LogP contribution in [0.2, 0.25) is 10.0 Å². The fourth-order valence-electron chi connectivity index (χ4n) is 3.53. The fourth-order valence-corrected chi connectivity index (χ4v) is 4.03. The summed E-state index contributed by atoms with van der Waals surface area (Å²) in [5, 5.41) is 0.765. The van der Waals surface area contributed by atoms with Gasteiger partial charge >= 0.3 is 11.9 Å². The summed E-state index contributed by atoms with van der Waals surface area (Å²) < 4.78 is 10.3. The molecule has 0 fully saturated rings. The van der Waals surface area contributed by atoms with E-state index in [1.54, 1.807) is 6.07 Å². The highest BCUT2D eigenvalue weighted by Crippen LogP contribution is 2.24. The fraction of sp³-hybridized carbons (Fsp3) is 0.692. The van der Waals surface area contributed by atoms with Gasteiger partial charge in [-0.25, -0.2) is 0 Å². The Morgan fingerprint density at radius 1 is 0.656 bits per heavy atom. The molecule has 6 heteroatoms. The first-order valence-electron chi connectivity index (χ1n) is 12.3. The number of hydrogen-bond acceptors (Lipinski definition) is 4. The Hall–Kier alpha value is -1.26. The Kier molecular flexibility index (Phi) is 17.3. The minimum absolute atomic E-state index is 0.00569. The minimum Gasteiger partial charge on any atom is -0.466 e. The average Bonchev–Trinajstić information content (AvgIpc) is 2.74. The molecule has 0 heterocycles. The summed E-state index contributed by atoms with van der Waals surface area (Å²) in [4.78, 5) is 23.6. The van der Waals surface area contributed by atoms with Gasteiger partial charge in [0, 0.05) is 10.0 Å². The monoisotopic (exact) mass is 486 g/mol. The van der Waals surface area contributed by atoms with Gasteiger partial charge in [0.15, 0.2) is 0 Å². The molecule has 1 aromatic carbocycles. The van der Waals surface area contributed by atoms with Gasteiger partial charge < -0.3 is 9.47 Å². The average molecular weight is 488 g/mol. The molecule has 0 saturated carbocycles. The lowest BCUT2D eigenvalue weighted by Crippen LogP contribution is -2.12. The van der Waals surface area contributed by atoms with Gasteiger partial charge in [-0.2, -0.15) is 0 Å². The van der Waals surface area contributed by atoms with Crippen molar-refractivity contribution in [1.29, 1.82) is 0 Å². The smallest absolute Gasteiger partial charge is 0.311 e. The van der Waals surface area contributed by atoms with Crippen molar-refractivity contribution in [1.82, 2.24) is 0 Å². The molecule has 0 aliphatic rings. The van der Waals surface area contributed by atoms with Crippen molar-refractivity contribution in [2.75, 3.05) is 6.61 Å². The summed E-state index contributed by atoms with van der Waals surface area (Å²) in [6.45, 7) is 2.67. The largest absolute Gasteiger partial charge is 0.466 e. The SMILES string of the molecule is CCCCCCCCCCCCCCCCOC(=O)CCC(=O)Oc1cc(Cl)cc(Cl)c1. The van der Waals surface area contributed by atoms with Gasteiger partial charge in [-0.15, -0.1) is 0 Å². The van der Waals surface area contributed by atoms with E-state index < -0.39 is 5.97 Å². The van der Waals surface area contributed by atoms with E-state index in [0.29, 0.717) is 16.7 Å². The van der Waals surface area contributed by atoms with Crippen LogP contribution in [0.3, 0.4) is 0 Å². The van der Waals surface area contributed by atoms with Crippen molar-refractivity contribution in [2.24, 2.45) is 0 Å². The highest BCUT2D eigenvalue weighted by atomic mass is 35.5. The van der Waals surface area contributed by atoms with E-state index in [1.165, 1.54) is 89.2 Å². The summed E-state index contributed by atoms with van der Waals surface area (Å²) in [6, 6.07) is 4.55. The highest BCUT2D eigenvalue weighted by Gasteiger charge is 2.11. The molecule has 32 heavy (non-hydrogen) atoms. The van der Waals surface area contributed by atoms with Crippen molar-refractivity contribution in [3.63, 3.8) is 0 Å². The number of benzene rings is 1. The molecule has 0 radical (unpaired) electrons. The Bertz CT molecular complexity index is 628. The Morgan fingerprint density at radius 2 is 1.09 bits per heavy atom. The molecule has 0 saturated heterocycles. The van der Waals surface area contributed by atoms with Crippen molar-refractivity contribution < 1.29 is 19.1 Å². The maximum absolute atomic E-state index is 11.8. The topological polar surface area (TPSA) is 52.6 Å². The number of carbonyl (C=O) groups is 2. The van der Waals surface area contributed by atoms with E-state index in [4.69, 9.17) is 32.7 Å². The van der Waals surface area contributed by atoms with Crippen LogP contribution in [-0.2, 0) is 14.3 Å². The van der Waals surface area contributed by atoms with E-state index in [0.717, 1.165) is 12.8 Å². The molecule has 0 spiro atoms. The van der Waals surface area contributed by atoms with Gasteiger partial charge in [0.2, 0.25) is 0 Å². The number of esters is 2. The van der Waals surface area contributed by atoms with Gasteiger partial charge in [-0.3, -0.25) is 9.59 Å². The van der Waals surface area contributed by atoms with Crippen molar-refractivity contribution in [2.45, 2.75) is 110 Å². The van der Waals surface area contributed by atoms with Crippen LogP contribution in [0.15, 0.2) is 18.2 Å². The predicted octanol–water partition coefficient (Wildman–Crippen LogP) is 8.70. The van der Waals surface area contributed by atoms with Crippen molar-refractivity contribution in [3.8, 4) is 5.75 Å². The van der Waals surface area contributed by atoms with Crippen LogP contribution in [-0.4, -0.2) is 18.5 Å². The minimum atomic E-state index is -0.517. The van der Waals surface area contributed by atoms with Crippen LogP contribution >= 0.6 is 23.2 Å². The molecule has 0 bridgehead atoms. The van der Waals surface area contributed by atoms with Crippen LogP contribution in [0.25, 0.3) is 0 Å². The summed E-state index contributed by atoms with van der Waals surface area (Å²) in [7, 11) is 0. The number of carbonyl (C=O) groups excluding carboxylic acids is 2. The van der Waals surface area contributed by atoms with Gasteiger partial charge in [-0.1, -0.05) is 114 Å². The third-order valence-corrected chi connectivity index (χ3v) is 5.80. The first-order valence-corrected chi connectivity index (χ1v) is 13.1. The third-order valence-electron chi connectivity index (χ3n) is 5.36. The number of unbranched alkanes of at least 4 members (excludes halogenated alkanes) is 13. The number of halogens is 2. The van der Waals surface area contributed by atoms with Gasteiger partial charge in [0.1, 0.15) is 5.75 Å². The summed E-state index contributed by atoms with van der Waals surface area (Å²) >= 11 is 11.7. The van der Waals surface area contributed by atoms with E-state index in [2.05, 4.69) is 6.92 Å². The Morgan fingerprint density at radius 3 is 1.59 bits per heavy atom. The molecular weight excluding hydrogens is 447 g/mol. The summed E-state index contributed by atoms with van der Waals surface area (Å²) in [6.07, 6.45) is 18.0. The molecule has 0 aliphatic carbocycles.